The van der Waals surface area contributed by atoms with E-state index in [0.29, 0.717) is 5.92 Å². The topological polar surface area (TPSA) is 55.3 Å². The Morgan fingerprint density at radius 3 is 2.89 bits per heavy atom. The van der Waals surface area contributed by atoms with E-state index in [9.17, 15) is 0 Å². The molecular weight excluding hydrogens is 238 g/mol. The van der Waals surface area contributed by atoms with Crippen molar-refractivity contribution in [2.45, 2.75) is 25.7 Å². The van der Waals surface area contributed by atoms with E-state index in [1.807, 2.05) is 6.07 Å². The molecule has 1 aliphatic rings. The number of benzene rings is 1. The first-order valence-corrected chi connectivity index (χ1v) is 7.06. The largest absolute Gasteiger partial charge is 0.440 e. The zero-order chi connectivity index (χ0) is 13.2. The van der Waals surface area contributed by atoms with Gasteiger partial charge in [-0.15, -0.1) is 0 Å². The molecule has 3 rings (SSSR count). The Balaban J connectivity index is 1.74. The van der Waals surface area contributed by atoms with Crippen molar-refractivity contribution in [2.24, 2.45) is 5.73 Å². The molecule has 1 aromatic heterocycles. The quantitative estimate of drug-likeness (QED) is 0.918. The number of rotatable bonds is 3. The third-order valence-electron chi connectivity index (χ3n) is 3.94. The number of nitrogens with two attached hydrogens (primary N) is 1. The predicted molar refractivity (Wildman–Crippen MR) is 76.2 cm³/mol. The molecule has 2 N–H and O–H groups in total. The maximum Gasteiger partial charge on any atom is 0.198 e. The van der Waals surface area contributed by atoms with Crippen LogP contribution >= 0.6 is 0 Å². The van der Waals surface area contributed by atoms with Gasteiger partial charge in [-0.3, -0.25) is 0 Å². The van der Waals surface area contributed by atoms with Crippen LogP contribution in [0.15, 0.2) is 22.6 Å². The van der Waals surface area contributed by atoms with Gasteiger partial charge in [-0.2, -0.15) is 0 Å². The lowest BCUT2D eigenvalue weighted by molar-refractivity contribution is 0.206. The van der Waals surface area contributed by atoms with Crippen LogP contribution in [0.1, 0.15) is 30.2 Å². The highest BCUT2D eigenvalue weighted by Crippen LogP contribution is 2.29. The van der Waals surface area contributed by atoms with E-state index in [2.05, 4.69) is 28.9 Å². The van der Waals surface area contributed by atoms with Gasteiger partial charge in [0.1, 0.15) is 5.52 Å². The summed E-state index contributed by atoms with van der Waals surface area (Å²) in [6.07, 6.45) is 2.23. The van der Waals surface area contributed by atoms with Gasteiger partial charge in [-0.1, -0.05) is 6.07 Å². The van der Waals surface area contributed by atoms with Crippen LogP contribution in [-0.4, -0.2) is 36.1 Å². The van der Waals surface area contributed by atoms with Gasteiger partial charge >= 0.3 is 0 Å². The summed E-state index contributed by atoms with van der Waals surface area (Å²) in [5, 5.41) is 0. The van der Waals surface area contributed by atoms with Crippen molar-refractivity contribution in [1.82, 2.24) is 9.88 Å². The Kier molecular flexibility index (Phi) is 3.53. The number of aromatic nitrogens is 1. The summed E-state index contributed by atoms with van der Waals surface area (Å²) < 4.78 is 5.90. The number of piperidine rings is 1. The molecule has 0 bridgehead atoms. The van der Waals surface area contributed by atoms with Crippen molar-refractivity contribution in [3.63, 3.8) is 0 Å². The van der Waals surface area contributed by atoms with Crippen LogP contribution in [0.4, 0.5) is 0 Å². The smallest absolute Gasteiger partial charge is 0.198 e. The van der Waals surface area contributed by atoms with Crippen LogP contribution in [0, 0.1) is 6.92 Å². The van der Waals surface area contributed by atoms with Crippen LogP contribution < -0.4 is 5.73 Å². The van der Waals surface area contributed by atoms with Crippen LogP contribution in [0.3, 0.4) is 0 Å². The fourth-order valence-electron chi connectivity index (χ4n) is 2.82. The fraction of sp³-hybridized carbons (Fsp3) is 0.533. The van der Waals surface area contributed by atoms with Gasteiger partial charge in [0.15, 0.2) is 11.5 Å². The Morgan fingerprint density at radius 2 is 2.16 bits per heavy atom. The van der Waals surface area contributed by atoms with Crippen molar-refractivity contribution in [1.29, 1.82) is 0 Å². The average Bonchev–Trinajstić information content (AvgIpc) is 2.83. The third-order valence-corrected chi connectivity index (χ3v) is 3.94. The fourth-order valence-corrected chi connectivity index (χ4v) is 2.82. The van der Waals surface area contributed by atoms with Gasteiger partial charge in [0.25, 0.3) is 0 Å². The highest BCUT2D eigenvalue weighted by Gasteiger charge is 2.24. The molecule has 2 heterocycles. The molecule has 4 heteroatoms. The Labute approximate surface area is 113 Å². The molecule has 102 valence electrons. The average molecular weight is 259 g/mol. The lowest BCUT2D eigenvalue weighted by Crippen LogP contribution is -2.36. The monoisotopic (exact) mass is 259 g/mol. The summed E-state index contributed by atoms with van der Waals surface area (Å²) in [5.74, 6) is 1.37. The second kappa shape index (κ2) is 5.31. The van der Waals surface area contributed by atoms with Gasteiger partial charge in [0, 0.05) is 19.0 Å². The molecule has 1 fully saturated rings. The van der Waals surface area contributed by atoms with Crippen LogP contribution in [0.2, 0.25) is 0 Å². The second-order valence-corrected chi connectivity index (χ2v) is 5.43. The highest BCUT2D eigenvalue weighted by atomic mass is 16.3. The minimum Gasteiger partial charge on any atom is -0.440 e. The number of likely N-dealkylation sites (tertiary alicyclic amines) is 1. The Hall–Kier alpha value is -1.39. The molecule has 0 unspecified atom stereocenters. The highest BCUT2D eigenvalue weighted by molar-refractivity contribution is 5.73. The molecule has 0 spiro atoms. The molecule has 0 amide bonds. The molecule has 1 saturated heterocycles. The maximum absolute atomic E-state index is 5.90. The van der Waals surface area contributed by atoms with E-state index in [4.69, 9.17) is 10.2 Å². The van der Waals surface area contributed by atoms with E-state index in [1.54, 1.807) is 0 Å². The lowest BCUT2D eigenvalue weighted by Gasteiger charge is -2.29. The standard InChI is InChI=1S/C15H21N3O/c1-11-2-3-14-13(10-11)17-15(19-14)12-4-7-18(8-5-12)9-6-16/h2-3,10,12H,4-9,16H2,1H3. The number of hydrogen-bond donors (Lipinski definition) is 1. The molecule has 1 aliphatic heterocycles. The summed E-state index contributed by atoms with van der Waals surface area (Å²) in [4.78, 5) is 7.08. The minimum absolute atomic E-state index is 0.460. The molecular formula is C15H21N3O. The third kappa shape index (κ3) is 2.65. The summed E-state index contributed by atoms with van der Waals surface area (Å²) in [6.45, 7) is 6.02. The van der Waals surface area contributed by atoms with Gasteiger partial charge in [-0.05, 0) is 50.6 Å². The number of oxazole rings is 1. The molecule has 4 nitrogen and oxygen atoms in total. The zero-order valence-corrected chi connectivity index (χ0v) is 11.4. The molecule has 2 aromatic rings. The van der Waals surface area contributed by atoms with Gasteiger partial charge in [0.05, 0.1) is 0 Å². The molecule has 0 saturated carbocycles. The summed E-state index contributed by atoms with van der Waals surface area (Å²) in [5.41, 5.74) is 8.72. The lowest BCUT2D eigenvalue weighted by atomic mass is 9.97. The van der Waals surface area contributed by atoms with Gasteiger partial charge < -0.3 is 15.1 Å². The molecule has 0 atom stereocenters. The van der Waals surface area contributed by atoms with E-state index in [0.717, 1.165) is 56.0 Å². The van der Waals surface area contributed by atoms with Gasteiger partial charge in [0.2, 0.25) is 0 Å². The Bertz CT molecular complexity index is 556. The zero-order valence-electron chi connectivity index (χ0n) is 11.4. The van der Waals surface area contributed by atoms with Crippen molar-refractivity contribution in [2.75, 3.05) is 26.2 Å². The van der Waals surface area contributed by atoms with Crippen molar-refractivity contribution < 1.29 is 4.42 Å². The molecule has 0 aliphatic carbocycles. The van der Waals surface area contributed by atoms with Crippen molar-refractivity contribution >= 4 is 11.1 Å². The Morgan fingerprint density at radius 1 is 1.37 bits per heavy atom. The summed E-state index contributed by atoms with van der Waals surface area (Å²) >= 11 is 0. The number of aryl methyl sites for hydroxylation is 1. The van der Waals surface area contributed by atoms with E-state index in [-0.39, 0.29) is 0 Å². The number of nitrogens with zero attached hydrogens (tertiary/aromatic N) is 2. The van der Waals surface area contributed by atoms with Crippen LogP contribution in [0.5, 0.6) is 0 Å². The summed E-state index contributed by atoms with van der Waals surface area (Å²) in [6, 6.07) is 6.18. The van der Waals surface area contributed by atoms with Crippen LogP contribution in [0.25, 0.3) is 11.1 Å². The van der Waals surface area contributed by atoms with Crippen molar-refractivity contribution in [3.8, 4) is 0 Å². The second-order valence-electron chi connectivity index (χ2n) is 5.43. The summed E-state index contributed by atoms with van der Waals surface area (Å²) in [7, 11) is 0. The molecule has 0 radical (unpaired) electrons. The first-order valence-electron chi connectivity index (χ1n) is 7.06. The van der Waals surface area contributed by atoms with E-state index < -0.39 is 0 Å². The first kappa shape index (κ1) is 12.6. The van der Waals surface area contributed by atoms with Crippen molar-refractivity contribution in [3.05, 3.63) is 29.7 Å². The number of hydrogen-bond acceptors (Lipinski definition) is 4. The SMILES string of the molecule is Cc1ccc2oc(C3CCN(CCN)CC3)nc2c1. The number of fused-ring (bicyclic) bond motifs is 1. The predicted octanol–water partition coefficient (Wildman–Crippen LogP) is 2.27. The van der Waals surface area contributed by atoms with Crippen LogP contribution in [-0.2, 0) is 0 Å². The molecule has 19 heavy (non-hydrogen) atoms. The normalized spacial score (nSPS) is 18.2. The first-order chi connectivity index (χ1) is 9.26. The van der Waals surface area contributed by atoms with E-state index in [1.165, 1.54) is 5.56 Å². The van der Waals surface area contributed by atoms with Gasteiger partial charge in [-0.25, -0.2) is 4.98 Å². The minimum atomic E-state index is 0.460. The van der Waals surface area contributed by atoms with E-state index >= 15 is 0 Å². The molecule has 1 aromatic carbocycles. The maximum atomic E-state index is 5.90.